The van der Waals surface area contributed by atoms with Crippen LogP contribution in [0.3, 0.4) is 0 Å². The summed E-state index contributed by atoms with van der Waals surface area (Å²) in [6, 6.07) is -0.652. The zero-order chi connectivity index (χ0) is 15.7. The fourth-order valence-electron chi connectivity index (χ4n) is 2.63. The summed E-state index contributed by atoms with van der Waals surface area (Å²) in [6.45, 7) is 3.50. The van der Waals surface area contributed by atoms with E-state index in [2.05, 4.69) is 20.3 Å². The molecule has 21 heavy (non-hydrogen) atoms. The Morgan fingerprint density at radius 1 is 1.24 bits per heavy atom. The Labute approximate surface area is 120 Å². The average Bonchev–Trinajstić information content (AvgIpc) is 2.98. The first-order valence-corrected chi connectivity index (χ1v) is 6.64. The maximum atomic E-state index is 11.8. The van der Waals surface area contributed by atoms with Gasteiger partial charge in [0.25, 0.3) is 5.56 Å². The van der Waals surface area contributed by atoms with E-state index in [1.807, 2.05) is 0 Å². The molecule has 1 aliphatic heterocycles. The van der Waals surface area contributed by atoms with Gasteiger partial charge < -0.3 is 30.6 Å². The summed E-state index contributed by atoms with van der Waals surface area (Å²) in [5.74, 6) is 0.513. The van der Waals surface area contributed by atoms with Gasteiger partial charge >= 0.3 is 0 Å². The van der Waals surface area contributed by atoms with E-state index in [4.69, 9.17) is 5.11 Å². The van der Waals surface area contributed by atoms with Gasteiger partial charge in [-0.2, -0.15) is 0 Å². The van der Waals surface area contributed by atoms with Crippen molar-refractivity contribution >= 4 is 11.0 Å². The van der Waals surface area contributed by atoms with Gasteiger partial charge in [0.1, 0.15) is 23.0 Å². The highest BCUT2D eigenvalue weighted by atomic mass is 16.3. The molecule has 0 amide bonds. The summed E-state index contributed by atoms with van der Waals surface area (Å²) >= 11 is 0. The molecule has 0 aromatic carbocycles. The van der Waals surface area contributed by atoms with Gasteiger partial charge in [-0.1, -0.05) is 0 Å². The fourth-order valence-corrected chi connectivity index (χ4v) is 2.63. The molecule has 1 fully saturated rings. The number of aromatic nitrogens is 3. The standard InChI is InChI=1S/C12H16N4O3.CH4O/c1-4-10(17)11(18)8(14-4)6-3-13-9-7(6)15-5(2)16-12(9)19;1-2/h3-4,8,10-11,13-14,17-18H,1-2H3,(H,15,16,19);2H,1H3. The summed E-state index contributed by atoms with van der Waals surface area (Å²) in [5, 5.41) is 30.0. The highest BCUT2D eigenvalue weighted by Gasteiger charge is 2.40. The predicted molar refractivity (Wildman–Crippen MR) is 76.9 cm³/mol. The molecule has 8 nitrogen and oxygen atoms in total. The molecule has 0 bridgehead atoms. The molecule has 116 valence electrons. The summed E-state index contributed by atoms with van der Waals surface area (Å²) in [6.07, 6.45) is -0.105. The molecular weight excluding hydrogens is 276 g/mol. The molecule has 2 aromatic heterocycles. The monoisotopic (exact) mass is 296 g/mol. The Morgan fingerprint density at radius 3 is 2.48 bits per heavy atom. The van der Waals surface area contributed by atoms with Crippen molar-refractivity contribution in [3.05, 3.63) is 27.9 Å². The molecule has 4 unspecified atom stereocenters. The Kier molecular flexibility index (Phi) is 4.43. The lowest BCUT2D eigenvalue weighted by molar-refractivity contribution is 0.0303. The Morgan fingerprint density at radius 2 is 1.90 bits per heavy atom. The molecule has 0 aliphatic carbocycles. The second-order valence-electron chi connectivity index (χ2n) is 5.03. The second kappa shape index (κ2) is 5.94. The third-order valence-electron chi connectivity index (χ3n) is 3.66. The van der Waals surface area contributed by atoms with E-state index >= 15 is 0 Å². The van der Waals surface area contributed by atoms with Crippen LogP contribution in [0.1, 0.15) is 24.4 Å². The fraction of sp³-hybridized carbons (Fsp3) is 0.538. The van der Waals surface area contributed by atoms with Crippen LogP contribution in [0, 0.1) is 6.92 Å². The Bertz CT molecular complexity index is 680. The molecule has 2 aromatic rings. The molecular formula is C13H20N4O4. The number of rotatable bonds is 1. The number of nitrogens with one attached hydrogen (secondary N) is 3. The van der Waals surface area contributed by atoms with Crippen molar-refractivity contribution in [2.75, 3.05) is 7.11 Å². The van der Waals surface area contributed by atoms with Gasteiger partial charge in [-0.15, -0.1) is 0 Å². The van der Waals surface area contributed by atoms with Crippen LogP contribution in [-0.2, 0) is 0 Å². The number of aliphatic hydroxyl groups is 3. The Hall–Kier alpha value is -1.74. The number of H-pyrrole nitrogens is 2. The van der Waals surface area contributed by atoms with Crippen LogP contribution < -0.4 is 10.9 Å². The molecule has 0 radical (unpaired) electrons. The smallest absolute Gasteiger partial charge is 0.275 e. The van der Waals surface area contributed by atoms with Crippen molar-refractivity contribution < 1.29 is 15.3 Å². The first-order chi connectivity index (χ1) is 9.99. The lowest BCUT2D eigenvalue weighted by atomic mass is 10.0. The molecule has 6 N–H and O–H groups in total. The maximum absolute atomic E-state index is 11.8. The van der Waals surface area contributed by atoms with Crippen LogP contribution in [0.2, 0.25) is 0 Å². The van der Waals surface area contributed by atoms with Crippen molar-refractivity contribution in [1.29, 1.82) is 0 Å². The lowest BCUT2D eigenvalue weighted by Crippen LogP contribution is -2.29. The maximum Gasteiger partial charge on any atom is 0.275 e. The van der Waals surface area contributed by atoms with Crippen molar-refractivity contribution in [3.63, 3.8) is 0 Å². The minimum atomic E-state index is -0.921. The topological polar surface area (TPSA) is 134 Å². The van der Waals surface area contributed by atoms with E-state index in [1.54, 1.807) is 20.0 Å². The third kappa shape index (κ3) is 2.58. The second-order valence-corrected chi connectivity index (χ2v) is 5.03. The number of aromatic amines is 2. The van der Waals surface area contributed by atoms with Crippen molar-refractivity contribution in [2.24, 2.45) is 0 Å². The highest BCUT2D eigenvalue weighted by Crippen LogP contribution is 2.30. The van der Waals surface area contributed by atoms with Crippen molar-refractivity contribution in [1.82, 2.24) is 20.3 Å². The summed E-state index contributed by atoms with van der Waals surface area (Å²) in [5.41, 5.74) is 1.36. The Balaban J connectivity index is 0.000000774. The van der Waals surface area contributed by atoms with Gasteiger partial charge in [-0.3, -0.25) is 4.79 Å². The predicted octanol–water partition coefficient (Wildman–Crippen LogP) is -1.08. The zero-order valence-electron chi connectivity index (χ0n) is 12.1. The van der Waals surface area contributed by atoms with E-state index in [1.165, 1.54) is 0 Å². The van der Waals surface area contributed by atoms with E-state index in [0.717, 1.165) is 7.11 Å². The van der Waals surface area contributed by atoms with E-state index < -0.39 is 18.2 Å². The van der Waals surface area contributed by atoms with Gasteiger partial charge in [0.15, 0.2) is 0 Å². The van der Waals surface area contributed by atoms with E-state index in [-0.39, 0.29) is 11.6 Å². The molecule has 1 aliphatic rings. The molecule has 0 saturated carbocycles. The third-order valence-corrected chi connectivity index (χ3v) is 3.66. The SMILES string of the molecule is CO.Cc1nc2c(C3NC(C)C(O)C3O)c[nH]c2c(=O)[nH]1. The quantitative estimate of drug-likeness (QED) is 0.396. The van der Waals surface area contributed by atoms with Crippen LogP contribution in [0.4, 0.5) is 0 Å². The van der Waals surface area contributed by atoms with Gasteiger partial charge in [0, 0.05) is 24.9 Å². The minimum Gasteiger partial charge on any atom is -0.400 e. The normalized spacial score (nSPS) is 28.5. The number of aryl methyl sites for hydroxylation is 1. The largest absolute Gasteiger partial charge is 0.400 e. The zero-order valence-corrected chi connectivity index (χ0v) is 12.1. The molecule has 3 heterocycles. The van der Waals surface area contributed by atoms with Gasteiger partial charge in [-0.25, -0.2) is 4.98 Å². The molecule has 0 spiro atoms. The van der Waals surface area contributed by atoms with Gasteiger partial charge in [-0.05, 0) is 13.8 Å². The first kappa shape index (κ1) is 15.6. The summed E-state index contributed by atoms with van der Waals surface area (Å²) in [4.78, 5) is 21.6. The van der Waals surface area contributed by atoms with Gasteiger partial charge in [0.2, 0.25) is 0 Å². The summed E-state index contributed by atoms with van der Waals surface area (Å²) in [7, 11) is 1.00. The highest BCUT2D eigenvalue weighted by molar-refractivity contribution is 5.78. The number of fused-ring (bicyclic) bond motifs is 1. The van der Waals surface area contributed by atoms with Crippen molar-refractivity contribution in [3.8, 4) is 0 Å². The first-order valence-electron chi connectivity index (χ1n) is 6.64. The van der Waals surface area contributed by atoms with E-state index in [9.17, 15) is 15.0 Å². The van der Waals surface area contributed by atoms with Crippen LogP contribution in [0.15, 0.2) is 11.0 Å². The molecule has 8 heteroatoms. The van der Waals surface area contributed by atoms with E-state index in [0.29, 0.717) is 22.4 Å². The lowest BCUT2D eigenvalue weighted by Gasteiger charge is -2.14. The van der Waals surface area contributed by atoms with Crippen LogP contribution in [0.25, 0.3) is 11.0 Å². The van der Waals surface area contributed by atoms with Crippen LogP contribution >= 0.6 is 0 Å². The van der Waals surface area contributed by atoms with Crippen LogP contribution in [-0.4, -0.2) is 55.6 Å². The van der Waals surface area contributed by atoms with Gasteiger partial charge in [0.05, 0.1) is 12.1 Å². The minimum absolute atomic E-state index is 0.215. The number of hydrogen-bond donors (Lipinski definition) is 6. The number of nitrogens with zero attached hydrogens (tertiary/aromatic N) is 1. The molecule has 4 atom stereocenters. The van der Waals surface area contributed by atoms with Crippen molar-refractivity contribution in [2.45, 2.75) is 38.1 Å². The van der Waals surface area contributed by atoms with Crippen LogP contribution in [0.5, 0.6) is 0 Å². The number of hydrogen-bond acceptors (Lipinski definition) is 6. The average molecular weight is 296 g/mol. The molecule has 3 rings (SSSR count). The number of aliphatic hydroxyl groups excluding tert-OH is 3. The summed E-state index contributed by atoms with van der Waals surface area (Å²) < 4.78 is 0. The molecule has 1 saturated heterocycles.